The summed E-state index contributed by atoms with van der Waals surface area (Å²) in [6.45, 7) is 2.14. The molecule has 0 radical (unpaired) electrons. The normalized spacial score (nSPS) is 11.7. The number of benzene rings is 1. The molecule has 21 heavy (non-hydrogen) atoms. The number of carbonyl (C=O) groups is 1. The summed E-state index contributed by atoms with van der Waals surface area (Å²) < 4.78 is 21.0. The fourth-order valence-corrected chi connectivity index (χ4v) is 2.15. The highest BCUT2D eigenvalue weighted by atomic mass is 16.5. The Bertz CT molecular complexity index is 475. The molecule has 0 heterocycles. The van der Waals surface area contributed by atoms with E-state index < -0.39 is 0 Å². The molecule has 6 heteroatoms. The first kappa shape index (κ1) is 17.1. The van der Waals surface area contributed by atoms with Crippen molar-refractivity contribution < 1.29 is 23.7 Å². The summed E-state index contributed by atoms with van der Waals surface area (Å²) in [7, 11) is 6.44. The Hall–Kier alpha value is -1.95. The van der Waals surface area contributed by atoms with Gasteiger partial charge in [-0.25, -0.2) is 0 Å². The lowest BCUT2D eigenvalue weighted by Gasteiger charge is -2.21. The van der Waals surface area contributed by atoms with Crippen molar-refractivity contribution in [2.24, 2.45) is 0 Å². The summed E-state index contributed by atoms with van der Waals surface area (Å²) in [6, 6.07) is 3.39. The Morgan fingerprint density at radius 2 is 1.81 bits per heavy atom. The standard InChI is InChI=1S/C15H23NO5/c1-6-21-13(17)9-11(16-2)10-7-8-12(18-3)15(20-5)14(10)19-4/h7-8,11,16H,6,9H2,1-5H3. The van der Waals surface area contributed by atoms with Gasteiger partial charge in [0.05, 0.1) is 34.4 Å². The summed E-state index contributed by atoms with van der Waals surface area (Å²) in [5, 5.41) is 3.09. The predicted octanol–water partition coefficient (Wildman–Crippen LogP) is 1.93. The number of methoxy groups -OCH3 is 3. The van der Waals surface area contributed by atoms with Crippen LogP contribution in [-0.4, -0.2) is 41.0 Å². The zero-order valence-corrected chi connectivity index (χ0v) is 13.2. The molecule has 1 unspecified atom stereocenters. The van der Waals surface area contributed by atoms with E-state index in [0.29, 0.717) is 23.9 Å². The largest absolute Gasteiger partial charge is 0.493 e. The highest BCUT2D eigenvalue weighted by Gasteiger charge is 2.23. The van der Waals surface area contributed by atoms with E-state index >= 15 is 0 Å². The number of nitrogens with one attached hydrogen (secondary N) is 1. The van der Waals surface area contributed by atoms with Crippen molar-refractivity contribution in [2.45, 2.75) is 19.4 Å². The molecule has 1 aromatic rings. The Morgan fingerprint density at radius 3 is 2.29 bits per heavy atom. The van der Waals surface area contributed by atoms with Gasteiger partial charge in [-0.05, 0) is 26.1 Å². The third-order valence-corrected chi connectivity index (χ3v) is 3.13. The molecule has 0 fully saturated rings. The molecule has 0 saturated heterocycles. The van der Waals surface area contributed by atoms with Crippen molar-refractivity contribution in [2.75, 3.05) is 35.0 Å². The highest BCUT2D eigenvalue weighted by molar-refractivity contribution is 5.71. The number of esters is 1. The van der Waals surface area contributed by atoms with Crippen LogP contribution in [0.2, 0.25) is 0 Å². The van der Waals surface area contributed by atoms with E-state index in [-0.39, 0.29) is 18.4 Å². The van der Waals surface area contributed by atoms with Crippen LogP contribution in [0, 0.1) is 0 Å². The van der Waals surface area contributed by atoms with Gasteiger partial charge in [-0.3, -0.25) is 4.79 Å². The average molecular weight is 297 g/mol. The smallest absolute Gasteiger partial charge is 0.307 e. The van der Waals surface area contributed by atoms with Gasteiger partial charge in [-0.1, -0.05) is 0 Å². The van der Waals surface area contributed by atoms with Crippen molar-refractivity contribution in [3.8, 4) is 17.2 Å². The van der Waals surface area contributed by atoms with Crippen LogP contribution in [0.15, 0.2) is 12.1 Å². The molecule has 1 rings (SSSR count). The van der Waals surface area contributed by atoms with Crippen molar-refractivity contribution in [3.63, 3.8) is 0 Å². The molecule has 118 valence electrons. The SMILES string of the molecule is CCOC(=O)CC(NC)c1ccc(OC)c(OC)c1OC. The van der Waals surface area contributed by atoms with Gasteiger partial charge in [-0.15, -0.1) is 0 Å². The van der Waals surface area contributed by atoms with Crippen molar-refractivity contribution in [3.05, 3.63) is 17.7 Å². The third kappa shape index (κ3) is 4.01. The molecule has 0 aliphatic carbocycles. The molecule has 0 bridgehead atoms. The summed E-state index contributed by atoms with van der Waals surface area (Å²) in [5.41, 5.74) is 0.811. The second-order valence-electron chi connectivity index (χ2n) is 4.27. The van der Waals surface area contributed by atoms with Gasteiger partial charge in [0.2, 0.25) is 5.75 Å². The summed E-state index contributed by atoms with van der Waals surface area (Å²) >= 11 is 0. The molecule has 0 aliphatic rings. The van der Waals surface area contributed by atoms with E-state index in [1.54, 1.807) is 41.4 Å². The van der Waals surface area contributed by atoms with Gasteiger partial charge in [0.15, 0.2) is 11.5 Å². The topological polar surface area (TPSA) is 66.0 Å². The number of hydrogen-bond acceptors (Lipinski definition) is 6. The van der Waals surface area contributed by atoms with Gasteiger partial charge < -0.3 is 24.3 Å². The minimum atomic E-state index is -0.270. The van der Waals surface area contributed by atoms with Crippen molar-refractivity contribution in [1.82, 2.24) is 5.32 Å². The number of ether oxygens (including phenoxy) is 4. The molecule has 0 amide bonds. The molecule has 1 aromatic carbocycles. The Balaban J connectivity index is 3.17. The second-order valence-corrected chi connectivity index (χ2v) is 4.27. The zero-order chi connectivity index (χ0) is 15.8. The van der Waals surface area contributed by atoms with Gasteiger partial charge >= 0.3 is 5.97 Å². The van der Waals surface area contributed by atoms with Gasteiger partial charge in [0.1, 0.15) is 0 Å². The summed E-state index contributed by atoms with van der Waals surface area (Å²) in [6.07, 6.45) is 0.205. The van der Waals surface area contributed by atoms with E-state index in [2.05, 4.69) is 5.32 Å². The molecule has 0 aromatic heterocycles. The van der Waals surface area contributed by atoms with E-state index in [4.69, 9.17) is 18.9 Å². The first-order valence-electron chi connectivity index (χ1n) is 6.74. The average Bonchev–Trinajstić information content (AvgIpc) is 2.51. The Morgan fingerprint density at radius 1 is 1.14 bits per heavy atom. The lowest BCUT2D eigenvalue weighted by Crippen LogP contribution is -2.22. The highest BCUT2D eigenvalue weighted by Crippen LogP contribution is 2.42. The Labute approximate surface area is 125 Å². The fraction of sp³-hybridized carbons (Fsp3) is 0.533. The molecular weight excluding hydrogens is 274 g/mol. The monoisotopic (exact) mass is 297 g/mol. The summed E-state index contributed by atoms with van der Waals surface area (Å²) in [4.78, 5) is 11.7. The molecule has 1 atom stereocenters. The van der Waals surface area contributed by atoms with Gasteiger partial charge in [0, 0.05) is 11.6 Å². The first-order chi connectivity index (χ1) is 10.1. The molecule has 0 aliphatic heterocycles. The maximum atomic E-state index is 11.7. The van der Waals surface area contributed by atoms with Crippen LogP contribution in [0.5, 0.6) is 17.2 Å². The molecule has 0 spiro atoms. The van der Waals surface area contributed by atoms with E-state index in [1.807, 2.05) is 6.07 Å². The Kier molecular flexibility index (Phi) is 6.81. The summed E-state index contributed by atoms with van der Waals surface area (Å²) in [5.74, 6) is 1.35. The van der Waals surface area contributed by atoms with Crippen molar-refractivity contribution in [1.29, 1.82) is 0 Å². The van der Waals surface area contributed by atoms with Crippen LogP contribution in [0.3, 0.4) is 0 Å². The van der Waals surface area contributed by atoms with Crippen LogP contribution < -0.4 is 19.5 Å². The van der Waals surface area contributed by atoms with E-state index in [9.17, 15) is 4.79 Å². The van der Waals surface area contributed by atoms with Crippen molar-refractivity contribution >= 4 is 5.97 Å². The van der Waals surface area contributed by atoms with E-state index in [0.717, 1.165) is 5.56 Å². The maximum absolute atomic E-state index is 11.7. The number of rotatable bonds is 8. The number of carbonyl (C=O) groups excluding carboxylic acids is 1. The van der Waals surface area contributed by atoms with Crippen LogP contribution in [-0.2, 0) is 9.53 Å². The molecule has 1 N–H and O–H groups in total. The van der Waals surface area contributed by atoms with Crippen LogP contribution >= 0.6 is 0 Å². The molecule has 0 saturated carbocycles. The number of hydrogen-bond donors (Lipinski definition) is 1. The van der Waals surface area contributed by atoms with Crippen LogP contribution in [0.1, 0.15) is 24.9 Å². The van der Waals surface area contributed by atoms with E-state index in [1.165, 1.54) is 0 Å². The third-order valence-electron chi connectivity index (χ3n) is 3.13. The van der Waals surface area contributed by atoms with Crippen LogP contribution in [0.25, 0.3) is 0 Å². The minimum absolute atomic E-state index is 0.205. The van der Waals surface area contributed by atoms with Crippen LogP contribution in [0.4, 0.5) is 0 Å². The zero-order valence-electron chi connectivity index (χ0n) is 13.2. The minimum Gasteiger partial charge on any atom is -0.493 e. The molecular formula is C15H23NO5. The van der Waals surface area contributed by atoms with Gasteiger partial charge in [0.25, 0.3) is 0 Å². The lowest BCUT2D eigenvalue weighted by atomic mass is 10.0. The fourth-order valence-electron chi connectivity index (χ4n) is 2.15. The predicted molar refractivity (Wildman–Crippen MR) is 79.1 cm³/mol. The second kappa shape index (κ2) is 8.36. The maximum Gasteiger partial charge on any atom is 0.307 e. The first-order valence-corrected chi connectivity index (χ1v) is 6.74. The quantitative estimate of drug-likeness (QED) is 0.740. The molecule has 6 nitrogen and oxygen atoms in total. The lowest BCUT2D eigenvalue weighted by molar-refractivity contribution is -0.143. The van der Waals surface area contributed by atoms with Gasteiger partial charge in [-0.2, -0.15) is 0 Å².